The molecule has 1 fully saturated rings. The van der Waals surface area contributed by atoms with Crippen molar-refractivity contribution in [2.24, 2.45) is 5.92 Å². The number of rotatable bonds is 7. The van der Waals surface area contributed by atoms with Crippen molar-refractivity contribution in [3.63, 3.8) is 0 Å². The zero-order chi connectivity index (χ0) is 18.4. The number of sulfonamides is 1. The van der Waals surface area contributed by atoms with Gasteiger partial charge in [-0.3, -0.25) is 4.79 Å². The van der Waals surface area contributed by atoms with Crippen LogP contribution in [0.3, 0.4) is 0 Å². The summed E-state index contributed by atoms with van der Waals surface area (Å²) < 4.78 is 26.5. The molecule has 2 rings (SSSR count). The zero-order valence-electron chi connectivity index (χ0n) is 15.4. The van der Waals surface area contributed by atoms with Crippen LogP contribution < -0.4 is 10.2 Å². The van der Waals surface area contributed by atoms with Crippen LogP contribution in [0.4, 0.5) is 5.69 Å². The van der Waals surface area contributed by atoms with Gasteiger partial charge < -0.3 is 10.2 Å². The third-order valence-electron chi connectivity index (χ3n) is 4.40. The maximum absolute atomic E-state index is 12.5. The minimum Gasteiger partial charge on any atom is -0.369 e. The van der Waals surface area contributed by atoms with E-state index >= 15 is 0 Å². The first-order chi connectivity index (χ1) is 11.8. The van der Waals surface area contributed by atoms with E-state index < -0.39 is 10.0 Å². The minimum absolute atomic E-state index is 0.0378. The van der Waals surface area contributed by atoms with Crippen LogP contribution in [-0.2, 0) is 14.8 Å². The highest BCUT2D eigenvalue weighted by atomic mass is 32.2. The summed E-state index contributed by atoms with van der Waals surface area (Å²) in [7, 11) is -3.26. The molecule has 0 aromatic heterocycles. The SMILES string of the molecule is Cc1cccc(N2CCN(S(=O)(=O)CCCNC(=O)C(C)C)CC2)c1. The van der Waals surface area contributed by atoms with Crippen LogP contribution in [0.5, 0.6) is 0 Å². The molecule has 1 aliphatic heterocycles. The summed E-state index contributed by atoms with van der Waals surface area (Å²) in [5.41, 5.74) is 2.35. The van der Waals surface area contributed by atoms with Crippen molar-refractivity contribution in [3.05, 3.63) is 29.8 Å². The second-order valence-electron chi connectivity index (χ2n) is 6.84. The third kappa shape index (κ3) is 5.71. The number of nitrogens with one attached hydrogen (secondary N) is 1. The monoisotopic (exact) mass is 367 g/mol. The molecule has 0 bridgehead atoms. The highest BCUT2D eigenvalue weighted by molar-refractivity contribution is 7.89. The first-order valence-corrected chi connectivity index (χ1v) is 10.5. The summed E-state index contributed by atoms with van der Waals surface area (Å²) in [5, 5.41) is 2.76. The average molecular weight is 368 g/mol. The van der Waals surface area contributed by atoms with Crippen molar-refractivity contribution in [2.45, 2.75) is 27.2 Å². The number of nitrogens with zero attached hydrogens (tertiary/aromatic N) is 2. The van der Waals surface area contributed by atoms with E-state index in [1.807, 2.05) is 19.9 Å². The molecule has 0 aliphatic carbocycles. The molecular formula is C18H29N3O3S. The van der Waals surface area contributed by atoms with Crippen LogP contribution in [0.1, 0.15) is 25.8 Å². The summed E-state index contributed by atoms with van der Waals surface area (Å²) in [6.07, 6.45) is 0.443. The van der Waals surface area contributed by atoms with Crippen LogP contribution in [-0.4, -0.2) is 57.1 Å². The molecule has 0 spiro atoms. The average Bonchev–Trinajstić information content (AvgIpc) is 2.58. The summed E-state index contributed by atoms with van der Waals surface area (Å²) in [5.74, 6) is -0.0361. The minimum atomic E-state index is -3.26. The van der Waals surface area contributed by atoms with Gasteiger partial charge in [0, 0.05) is 44.3 Å². The Balaban J connectivity index is 1.79. The Bertz CT molecular complexity index is 681. The van der Waals surface area contributed by atoms with Crippen LogP contribution in [0.15, 0.2) is 24.3 Å². The van der Waals surface area contributed by atoms with Crippen molar-refractivity contribution in [1.29, 1.82) is 0 Å². The van der Waals surface area contributed by atoms with Crippen LogP contribution >= 0.6 is 0 Å². The van der Waals surface area contributed by atoms with Crippen LogP contribution in [0, 0.1) is 12.8 Å². The Labute approximate surface area is 151 Å². The van der Waals surface area contributed by atoms with Crippen molar-refractivity contribution in [1.82, 2.24) is 9.62 Å². The summed E-state index contributed by atoms with van der Waals surface area (Å²) >= 11 is 0. The molecule has 1 amide bonds. The number of piperazine rings is 1. The predicted molar refractivity (Wildman–Crippen MR) is 101 cm³/mol. The molecule has 0 atom stereocenters. The highest BCUT2D eigenvalue weighted by Gasteiger charge is 2.26. The van der Waals surface area contributed by atoms with Gasteiger partial charge in [0.1, 0.15) is 0 Å². The summed E-state index contributed by atoms with van der Waals surface area (Å²) in [6.45, 7) is 8.52. The second-order valence-corrected chi connectivity index (χ2v) is 8.93. The van der Waals surface area contributed by atoms with Gasteiger partial charge in [0.15, 0.2) is 0 Å². The lowest BCUT2D eigenvalue weighted by atomic mass is 10.2. The standard InChI is InChI=1S/C18H29N3O3S/c1-15(2)18(22)19-8-5-13-25(23,24)21-11-9-20(10-12-21)17-7-4-6-16(3)14-17/h4,6-7,14-15H,5,8-13H2,1-3H3,(H,19,22). The van der Waals surface area contributed by atoms with Gasteiger partial charge >= 0.3 is 0 Å². The normalized spacial score (nSPS) is 16.2. The van der Waals surface area contributed by atoms with Gasteiger partial charge in [0.25, 0.3) is 0 Å². The molecule has 0 radical (unpaired) electrons. The van der Waals surface area contributed by atoms with Crippen molar-refractivity contribution < 1.29 is 13.2 Å². The van der Waals surface area contributed by atoms with Crippen LogP contribution in [0.2, 0.25) is 0 Å². The summed E-state index contributed by atoms with van der Waals surface area (Å²) in [4.78, 5) is 13.7. The fourth-order valence-corrected chi connectivity index (χ4v) is 4.34. The molecule has 7 heteroatoms. The first-order valence-electron chi connectivity index (χ1n) is 8.87. The number of anilines is 1. The molecule has 1 heterocycles. The number of hydrogen-bond acceptors (Lipinski definition) is 4. The largest absolute Gasteiger partial charge is 0.369 e. The topological polar surface area (TPSA) is 69.7 Å². The molecule has 140 valence electrons. The number of benzene rings is 1. The van der Waals surface area contributed by atoms with Crippen LogP contribution in [0.25, 0.3) is 0 Å². The van der Waals surface area contributed by atoms with E-state index in [0.717, 1.165) is 5.69 Å². The quantitative estimate of drug-likeness (QED) is 0.744. The lowest BCUT2D eigenvalue weighted by molar-refractivity contribution is -0.123. The second kappa shape index (κ2) is 8.67. The lowest BCUT2D eigenvalue weighted by Gasteiger charge is -2.35. The lowest BCUT2D eigenvalue weighted by Crippen LogP contribution is -2.49. The van der Waals surface area contributed by atoms with Gasteiger partial charge in [-0.2, -0.15) is 4.31 Å². The summed E-state index contributed by atoms with van der Waals surface area (Å²) in [6, 6.07) is 8.28. The number of carbonyl (C=O) groups excluding carboxylic acids is 1. The van der Waals surface area contributed by atoms with E-state index in [0.29, 0.717) is 39.1 Å². The van der Waals surface area contributed by atoms with E-state index in [-0.39, 0.29) is 17.6 Å². The Morgan fingerprint density at radius 1 is 1.20 bits per heavy atom. The van der Waals surface area contributed by atoms with Gasteiger partial charge in [-0.05, 0) is 31.0 Å². The van der Waals surface area contributed by atoms with Gasteiger partial charge in [-0.15, -0.1) is 0 Å². The Kier molecular flexibility index (Phi) is 6.84. The smallest absolute Gasteiger partial charge is 0.222 e. The first kappa shape index (κ1) is 19.7. The maximum Gasteiger partial charge on any atom is 0.222 e. The fourth-order valence-electron chi connectivity index (χ4n) is 2.85. The number of amides is 1. The van der Waals surface area contributed by atoms with E-state index in [9.17, 15) is 13.2 Å². The van der Waals surface area contributed by atoms with Crippen molar-refractivity contribution in [2.75, 3.05) is 43.4 Å². The van der Waals surface area contributed by atoms with Crippen molar-refractivity contribution in [3.8, 4) is 0 Å². The number of hydrogen-bond donors (Lipinski definition) is 1. The molecule has 0 saturated carbocycles. The third-order valence-corrected chi connectivity index (χ3v) is 6.36. The molecular weight excluding hydrogens is 338 g/mol. The Morgan fingerprint density at radius 3 is 2.48 bits per heavy atom. The molecule has 6 nitrogen and oxygen atoms in total. The zero-order valence-corrected chi connectivity index (χ0v) is 16.2. The van der Waals surface area contributed by atoms with Crippen molar-refractivity contribution >= 4 is 21.6 Å². The molecule has 1 aromatic carbocycles. The molecule has 0 unspecified atom stereocenters. The number of carbonyl (C=O) groups is 1. The Morgan fingerprint density at radius 2 is 1.88 bits per heavy atom. The van der Waals surface area contributed by atoms with Gasteiger partial charge in [-0.25, -0.2) is 8.42 Å². The van der Waals surface area contributed by atoms with Gasteiger partial charge in [0.2, 0.25) is 15.9 Å². The highest BCUT2D eigenvalue weighted by Crippen LogP contribution is 2.19. The fraction of sp³-hybridized carbons (Fsp3) is 0.611. The van der Waals surface area contributed by atoms with Gasteiger partial charge in [-0.1, -0.05) is 26.0 Å². The van der Waals surface area contributed by atoms with Gasteiger partial charge in [0.05, 0.1) is 5.75 Å². The molecule has 25 heavy (non-hydrogen) atoms. The van der Waals surface area contributed by atoms with E-state index in [1.165, 1.54) is 5.56 Å². The van der Waals surface area contributed by atoms with E-state index in [1.54, 1.807) is 4.31 Å². The molecule has 1 saturated heterocycles. The van der Waals surface area contributed by atoms with E-state index in [2.05, 4.69) is 35.3 Å². The molecule has 1 aromatic rings. The molecule has 1 N–H and O–H groups in total. The molecule has 1 aliphatic rings. The maximum atomic E-state index is 12.5. The predicted octanol–water partition coefficient (Wildman–Crippen LogP) is 1.61. The van der Waals surface area contributed by atoms with E-state index in [4.69, 9.17) is 0 Å². The number of aryl methyl sites for hydroxylation is 1. The Hall–Kier alpha value is -1.60.